The van der Waals surface area contributed by atoms with Crippen LogP contribution in [0.3, 0.4) is 0 Å². The molecule has 2 aromatic rings. The monoisotopic (exact) mass is 468 g/mol. The van der Waals surface area contributed by atoms with Crippen LogP contribution in [0.15, 0.2) is 24.5 Å². The molecule has 1 radical (unpaired) electrons. The molecule has 3 N–H and O–H groups in total. The van der Waals surface area contributed by atoms with E-state index in [1.165, 1.54) is 37.0 Å². The van der Waals surface area contributed by atoms with Crippen LogP contribution in [0.25, 0.3) is 0 Å². The van der Waals surface area contributed by atoms with Crippen molar-refractivity contribution in [1.82, 2.24) is 9.78 Å². The van der Waals surface area contributed by atoms with E-state index in [2.05, 4.69) is 21.8 Å². The van der Waals surface area contributed by atoms with Gasteiger partial charge in [0.05, 0.1) is 11.8 Å². The Labute approximate surface area is 182 Å². The van der Waals surface area contributed by atoms with E-state index in [0.717, 1.165) is 12.3 Å². The average molecular weight is 468 g/mol. The summed E-state index contributed by atoms with van der Waals surface area (Å²) in [5.74, 6) is -1.55. The van der Waals surface area contributed by atoms with E-state index >= 15 is 0 Å². The zero-order valence-corrected chi connectivity index (χ0v) is 18.9. The molecule has 1 heterocycles. The normalized spacial score (nSPS) is 11.4. The van der Waals surface area contributed by atoms with E-state index in [-0.39, 0.29) is 49.8 Å². The molecule has 0 aliphatic heterocycles. The second-order valence-corrected chi connectivity index (χ2v) is 8.80. The van der Waals surface area contributed by atoms with Gasteiger partial charge in [-0.15, -0.1) is 12.1 Å². The first-order valence-corrected chi connectivity index (χ1v) is 9.36. The number of anilines is 2. The van der Waals surface area contributed by atoms with Crippen LogP contribution in [0.2, 0.25) is 0 Å². The average Bonchev–Trinajstić information content (AvgIpc) is 2.95. The number of aromatic hydroxyl groups is 1. The first-order valence-electron chi connectivity index (χ1n) is 7.47. The summed E-state index contributed by atoms with van der Waals surface area (Å²) in [5, 5.41) is 18.8. The number of sulfone groups is 1. The molecule has 0 atom stereocenters. The fourth-order valence-electron chi connectivity index (χ4n) is 1.83. The summed E-state index contributed by atoms with van der Waals surface area (Å²) >= 11 is 0. The molecule has 2 amide bonds. The standard InChI is InChI=1S/C16H19N4O5S.Y/c1-16(2,26(4,24)25)15(23)18-11-5-6-12(13(21)7-11)19-14(22)10-8-17-20(3)9-10;/h6-9,21H,1-4H3,(H,18,23)(H,19,22);/q-1;. The molecule has 0 unspecified atom stereocenters. The third-order valence-corrected chi connectivity index (χ3v) is 5.91. The van der Waals surface area contributed by atoms with Crippen LogP contribution in [-0.4, -0.2) is 46.1 Å². The summed E-state index contributed by atoms with van der Waals surface area (Å²) in [6.45, 7) is 2.56. The van der Waals surface area contributed by atoms with Gasteiger partial charge in [0, 0.05) is 58.0 Å². The molecule has 1 aromatic heterocycles. The number of nitrogens with one attached hydrogen (secondary N) is 2. The molecule has 0 aliphatic rings. The van der Waals surface area contributed by atoms with Crippen LogP contribution in [0.5, 0.6) is 5.75 Å². The van der Waals surface area contributed by atoms with Crippen LogP contribution >= 0.6 is 0 Å². The van der Waals surface area contributed by atoms with Gasteiger partial charge in [0.15, 0.2) is 9.84 Å². The number of benzene rings is 1. The molecule has 143 valence electrons. The minimum Gasteiger partial charge on any atom is -0.531 e. The Hall–Kier alpha value is -1.78. The molecule has 11 heteroatoms. The van der Waals surface area contributed by atoms with Gasteiger partial charge in [-0.05, 0) is 19.5 Å². The molecule has 9 nitrogen and oxygen atoms in total. The minimum absolute atomic E-state index is 0. The summed E-state index contributed by atoms with van der Waals surface area (Å²) in [6.07, 6.45) is 3.85. The van der Waals surface area contributed by atoms with Crippen molar-refractivity contribution in [3.05, 3.63) is 36.2 Å². The molecule has 0 aliphatic carbocycles. The van der Waals surface area contributed by atoms with Crippen molar-refractivity contribution in [2.75, 3.05) is 16.9 Å². The van der Waals surface area contributed by atoms with E-state index in [1.54, 1.807) is 7.05 Å². The zero-order chi connectivity index (χ0) is 19.7. The molecule has 0 spiro atoms. The van der Waals surface area contributed by atoms with E-state index in [1.807, 2.05) is 0 Å². The molecule has 0 saturated carbocycles. The Bertz CT molecular complexity index is 969. The predicted octanol–water partition coefficient (Wildman–Crippen LogP) is 0.937. The van der Waals surface area contributed by atoms with Gasteiger partial charge < -0.3 is 15.7 Å². The van der Waals surface area contributed by atoms with Crippen LogP contribution in [-0.2, 0) is 54.4 Å². The van der Waals surface area contributed by atoms with Crippen LogP contribution < -0.4 is 10.6 Å². The number of carbonyl (C=O) groups is 2. The van der Waals surface area contributed by atoms with E-state index < -0.39 is 26.4 Å². The van der Waals surface area contributed by atoms with Crippen LogP contribution in [0.1, 0.15) is 24.2 Å². The van der Waals surface area contributed by atoms with Crippen molar-refractivity contribution in [1.29, 1.82) is 0 Å². The number of aryl methyl sites for hydroxylation is 1. The van der Waals surface area contributed by atoms with Gasteiger partial charge in [-0.1, -0.05) is 5.69 Å². The first kappa shape index (κ1) is 23.3. The first-order chi connectivity index (χ1) is 11.9. The summed E-state index contributed by atoms with van der Waals surface area (Å²) in [7, 11) is -1.97. The maximum Gasteiger partial charge on any atom is 0.248 e. The Kier molecular flexibility index (Phi) is 7.32. The molecule has 1 aromatic carbocycles. The van der Waals surface area contributed by atoms with Gasteiger partial charge in [-0.3, -0.25) is 14.3 Å². The number of hydrogen-bond donors (Lipinski definition) is 3. The third-order valence-electron chi connectivity index (χ3n) is 3.87. The Morgan fingerprint density at radius 2 is 1.93 bits per heavy atom. The number of hydrogen-bond acceptors (Lipinski definition) is 6. The second kappa shape index (κ2) is 8.49. The third kappa shape index (κ3) is 5.36. The maximum atomic E-state index is 12.2. The molecule has 2 rings (SSSR count). The van der Waals surface area contributed by atoms with Crippen molar-refractivity contribution in [3.63, 3.8) is 0 Å². The largest absolute Gasteiger partial charge is 0.531 e. The predicted molar refractivity (Wildman–Crippen MR) is 95.7 cm³/mol. The van der Waals surface area contributed by atoms with Gasteiger partial charge in [0.1, 0.15) is 4.75 Å². The van der Waals surface area contributed by atoms with Crippen molar-refractivity contribution in [3.8, 4) is 5.75 Å². The number of amides is 2. The fourth-order valence-corrected chi connectivity index (χ4v) is 2.21. The smallest absolute Gasteiger partial charge is 0.248 e. The van der Waals surface area contributed by atoms with E-state index in [0.29, 0.717) is 5.56 Å². The SMILES string of the molecule is Cn1cc(C(=O)Nc2c[c-]c(NC(=O)C(C)(C)S(C)(=O)=O)cc2O)cn1.[Y]. The van der Waals surface area contributed by atoms with Gasteiger partial charge in [-0.2, -0.15) is 11.2 Å². The Balaban J connectivity index is 0.00000364. The summed E-state index contributed by atoms with van der Waals surface area (Å²) < 4.78 is 23.2. The molecule has 0 bridgehead atoms. The number of nitrogens with zero attached hydrogens (tertiary/aromatic N) is 2. The molecule has 0 fully saturated rings. The molecular formula is C16H19N4O5SY-. The van der Waals surface area contributed by atoms with Gasteiger partial charge in [-0.25, -0.2) is 8.42 Å². The fraction of sp³-hybridized carbons (Fsp3) is 0.312. The summed E-state index contributed by atoms with van der Waals surface area (Å²) in [6, 6.07) is 5.10. The Morgan fingerprint density at radius 3 is 2.41 bits per heavy atom. The van der Waals surface area contributed by atoms with Crippen LogP contribution in [0.4, 0.5) is 11.4 Å². The number of rotatable bonds is 5. The Morgan fingerprint density at radius 1 is 1.30 bits per heavy atom. The van der Waals surface area contributed by atoms with Crippen molar-refractivity contribution < 1.29 is 55.8 Å². The van der Waals surface area contributed by atoms with E-state index in [9.17, 15) is 23.1 Å². The maximum absolute atomic E-state index is 12.2. The van der Waals surface area contributed by atoms with Gasteiger partial charge in [0.2, 0.25) is 11.8 Å². The van der Waals surface area contributed by atoms with Crippen molar-refractivity contribution >= 4 is 33.0 Å². The second-order valence-electron chi connectivity index (χ2n) is 6.24. The molecule has 27 heavy (non-hydrogen) atoms. The van der Waals surface area contributed by atoms with Crippen LogP contribution in [0, 0.1) is 6.07 Å². The number of phenolic OH excluding ortho intramolecular Hbond substituents is 1. The molecular weight excluding hydrogens is 449 g/mol. The summed E-state index contributed by atoms with van der Waals surface area (Å²) in [4.78, 5) is 24.2. The number of phenols is 1. The minimum atomic E-state index is -3.64. The van der Waals surface area contributed by atoms with Gasteiger partial charge in [0.25, 0.3) is 0 Å². The number of carbonyl (C=O) groups excluding carboxylic acids is 2. The quantitative estimate of drug-likeness (QED) is 0.442. The topological polar surface area (TPSA) is 130 Å². The van der Waals surface area contributed by atoms with E-state index in [4.69, 9.17) is 0 Å². The molecule has 0 saturated heterocycles. The van der Waals surface area contributed by atoms with Crippen molar-refractivity contribution in [2.45, 2.75) is 18.6 Å². The van der Waals surface area contributed by atoms with Gasteiger partial charge >= 0.3 is 0 Å². The van der Waals surface area contributed by atoms with Crippen molar-refractivity contribution in [2.24, 2.45) is 7.05 Å². The zero-order valence-electron chi connectivity index (χ0n) is 15.3. The summed E-state index contributed by atoms with van der Waals surface area (Å²) in [5.41, 5.74) is 0.460. The number of aromatic nitrogens is 2.